The van der Waals surface area contributed by atoms with Gasteiger partial charge in [-0.15, -0.1) is 11.3 Å². The highest BCUT2D eigenvalue weighted by molar-refractivity contribution is 7.10. The number of rotatable bonds is 8. The fourth-order valence-corrected chi connectivity index (χ4v) is 4.11. The molecule has 1 aromatic carbocycles. The van der Waals surface area contributed by atoms with Gasteiger partial charge in [0, 0.05) is 43.2 Å². The SMILES string of the molecule is CCNC(=NCc1cccc([N+](=O)[O-])c1)NCC(c1cccs1)N1CCOCC1. The number of ether oxygens (including phenoxy) is 1. The second-order valence-electron chi connectivity index (χ2n) is 6.68. The van der Waals surface area contributed by atoms with Gasteiger partial charge in [-0.25, -0.2) is 4.99 Å². The molecule has 1 atom stereocenters. The van der Waals surface area contributed by atoms with E-state index < -0.39 is 0 Å². The maximum absolute atomic E-state index is 11.0. The molecule has 0 amide bonds. The highest BCUT2D eigenvalue weighted by Crippen LogP contribution is 2.25. The fourth-order valence-electron chi connectivity index (χ4n) is 3.25. The molecule has 0 saturated carbocycles. The number of nitro groups is 1. The van der Waals surface area contributed by atoms with Gasteiger partial charge in [-0.2, -0.15) is 0 Å². The van der Waals surface area contributed by atoms with E-state index >= 15 is 0 Å². The van der Waals surface area contributed by atoms with Crippen molar-refractivity contribution < 1.29 is 9.66 Å². The van der Waals surface area contributed by atoms with Crippen molar-refractivity contribution in [2.75, 3.05) is 39.4 Å². The van der Waals surface area contributed by atoms with Crippen LogP contribution in [0.3, 0.4) is 0 Å². The second-order valence-corrected chi connectivity index (χ2v) is 7.66. The lowest BCUT2D eigenvalue weighted by Gasteiger charge is -2.34. The summed E-state index contributed by atoms with van der Waals surface area (Å²) in [5.41, 5.74) is 0.889. The van der Waals surface area contributed by atoms with E-state index in [1.807, 2.05) is 13.0 Å². The van der Waals surface area contributed by atoms with Gasteiger partial charge in [-0.05, 0) is 23.9 Å². The third kappa shape index (κ3) is 6.25. The molecule has 2 aromatic rings. The third-order valence-electron chi connectivity index (χ3n) is 4.71. The lowest BCUT2D eigenvalue weighted by atomic mass is 10.2. The fraction of sp³-hybridized carbons (Fsp3) is 0.450. The van der Waals surface area contributed by atoms with Gasteiger partial charge in [-0.3, -0.25) is 15.0 Å². The van der Waals surface area contributed by atoms with Crippen LogP contribution in [0.25, 0.3) is 0 Å². The standard InChI is InChI=1S/C20H27N5O3S/c1-2-21-20(22-14-16-5-3-6-17(13-16)25(26)27)23-15-18(19-7-4-12-29-19)24-8-10-28-11-9-24/h3-7,12-13,18H,2,8-11,14-15H2,1H3,(H2,21,22,23). The van der Waals surface area contributed by atoms with E-state index in [-0.39, 0.29) is 16.7 Å². The monoisotopic (exact) mass is 417 g/mol. The molecule has 2 heterocycles. The number of thiophene rings is 1. The highest BCUT2D eigenvalue weighted by atomic mass is 32.1. The molecule has 3 rings (SSSR count). The molecule has 1 aromatic heterocycles. The number of non-ortho nitro benzene ring substituents is 1. The number of guanidine groups is 1. The van der Waals surface area contributed by atoms with Gasteiger partial charge in [0.2, 0.25) is 0 Å². The van der Waals surface area contributed by atoms with Crippen LogP contribution >= 0.6 is 11.3 Å². The number of aliphatic imine (C=N–C) groups is 1. The summed E-state index contributed by atoms with van der Waals surface area (Å²) in [5.74, 6) is 0.703. The normalized spacial score (nSPS) is 16.4. The summed E-state index contributed by atoms with van der Waals surface area (Å²) in [6.45, 7) is 7.17. The minimum Gasteiger partial charge on any atom is -0.379 e. The van der Waals surface area contributed by atoms with Gasteiger partial charge in [0.25, 0.3) is 5.69 Å². The van der Waals surface area contributed by atoms with Gasteiger partial charge in [0.1, 0.15) is 0 Å². The van der Waals surface area contributed by atoms with Crippen LogP contribution in [0.2, 0.25) is 0 Å². The Morgan fingerprint density at radius 2 is 2.14 bits per heavy atom. The van der Waals surface area contributed by atoms with Crippen LogP contribution in [0, 0.1) is 10.1 Å². The van der Waals surface area contributed by atoms with E-state index in [4.69, 9.17) is 4.74 Å². The van der Waals surface area contributed by atoms with E-state index in [1.54, 1.807) is 23.5 Å². The van der Waals surface area contributed by atoms with E-state index in [9.17, 15) is 10.1 Å². The van der Waals surface area contributed by atoms with Gasteiger partial charge < -0.3 is 15.4 Å². The molecule has 1 aliphatic heterocycles. The van der Waals surface area contributed by atoms with Crippen LogP contribution < -0.4 is 10.6 Å². The minimum atomic E-state index is -0.384. The molecule has 1 fully saturated rings. The van der Waals surface area contributed by atoms with E-state index in [1.165, 1.54) is 10.9 Å². The average molecular weight is 418 g/mol. The van der Waals surface area contributed by atoms with Gasteiger partial charge in [0.05, 0.1) is 30.7 Å². The van der Waals surface area contributed by atoms with Gasteiger partial charge in [0.15, 0.2) is 5.96 Å². The zero-order valence-corrected chi connectivity index (χ0v) is 17.4. The zero-order valence-electron chi connectivity index (χ0n) is 16.5. The van der Waals surface area contributed by atoms with Crippen molar-refractivity contribution >= 4 is 23.0 Å². The van der Waals surface area contributed by atoms with Crippen LogP contribution in [-0.4, -0.2) is 55.2 Å². The molecule has 1 saturated heterocycles. The molecule has 0 spiro atoms. The van der Waals surface area contributed by atoms with Crippen molar-refractivity contribution in [2.45, 2.75) is 19.5 Å². The molecular weight excluding hydrogens is 390 g/mol. The van der Waals surface area contributed by atoms with Crippen molar-refractivity contribution in [3.63, 3.8) is 0 Å². The van der Waals surface area contributed by atoms with Crippen LogP contribution in [0.4, 0.5) is 5.69 Å². The van der Waals surface area contributed by atoms with E-state index in [2.05, 4.69) is 38.0 Å². The first-order valence-electron chi connectivity index (χ1n) is 9.78. The lowest BCUT2D eigenvalue weighted by Crippen LogP contribution is -2.46. The molecule has 0 bridgehead atoms. The maximum atomic E-state index is 11.0. The Morgan fingerprint density at radius 1 is 1.31 bits per heavy atom. The summed E-state index contributed by atoms with van der Waals surface area (Å²) in [7, 11) is 0. The smallest absolute Gasteiger partial charge is 0.269 e. The summed E-state index contributed by atoms with van der Waals surface area (Å²) in [5, 5.41) is 19.8. The Labute approximate surface area is 174 Å². The van der Waals surface area contributed by atoms with Crippen molar-refractivity contribution in [3.8, 4) is 0 Å². The third-order valence-corrected chi connectivity index (χ3v) is 5.68. The number of hydrogen-bond donors (Lipinski definition) is 2. The summed E-state index contributed by atoms with van der Waals surface area (Å²) >= 11 is 1.76. The number of benzene rings is 1. The average Bonchev–Trinajstić information content (AvgIpc) is 3.27. The summed E-state index contributed by atoms with van der Waals surface area (Å²) in [6.07, 6.45) is 0. The Balaban J connectivity index is 1.67. The predicted molar refractivity (Wildman–Crippen MR) is 115 cm³/mol. The topological polar surface area (TPSA) is 92.0 Å². The molecule has 156 valence electrons. The molecular formula is C20H27N5O3S. The minimum absolute atomic E-state index is 0.0840. The van der Waals surface area contributed by atoms with E-state index in [0.717, 1.165) is 45.0 Å². The molecule has 2 N–H and O–H groups in total. The van der Waals surface area contributed by atoms with Crippen molar-refractivity contribution in [3.05, 3.63) is 62.3 Å². The van der Waals surface area contributed by atoms with Crippen LogP contribution in [0.5, 0.6) is 0 Å². The number of hydrogen-bond acceptors (Lipinski definition) is 6. The van der Waals surface area contributed by atoms with Crippen LogP contribution in [0.15, 0.2) is 46.8 Å². The largest absolute Gasteiger partial charge is 0.379 e. The summed E-state index contributed by atoms with van der Waals surface area (Å²) < 4.78 is 5.50. The molecule has 29 heavy (non-hydrogen) atoms. The molecule has 8 nitrogen and oxygen atoms in total. The van der Waals surface area contributed by atoms with Crippen LogP contribution in [-0.2, 0) is 11.3 Å². The van der Waals surface area contributed by atoms with Gasteiger partial charge >= 0.3 is 0 Å². The first-order chi connectivity index (χ1) is 14.2. The Hall–Kier alpha value is -2.49. The van der Waals surface area contributed by atoms with Crippen molar-refractivity contribution in [1.82, 2.24) is 15.5 Å². The van der Waals surface area contributed by atoms with Crippen molar-refractivity contribution in [2.24, 2.45) is 4.99 Å². The maximum Gasteiger partial charge on any atom is 0.269 e. The van der Waals surface area contributed by atoms with Gasteiger partial charge in [-0.1, -0.05) is 18.2 Å². The van der Waals surface area contributed by atoms with E-state index in [0.29, 0.717) is 12.5 Å². The first-order valence-corrected chi connectivity index (χ1v) is 10.7. The quantitative estimate of drug-likeness (QED) is 0.297. The Bertz CT molecular complexity index is 806. The molecule has 9 heteroatoms. The number of nitrogens with one attached hydrogen (secondary N) is 2. The number of nitro benzene ring substituents is 1. The first kappa shape index (κ1) is 21.2. The number of nitrogens with zero attached hydrogens (tertiary/aromatic N) is 3. The molecule has 0 aliphatic carbocycles. The lowest BCUT2D eigenvalue weighted by molar-refractivity contribution is -0.384. The second kappa shape index (κ2) is 10.9. The summed E-state index contributed by atoms with van der Waals surface area (Å²) in [4.78, 5) is 18.9. The van der Waals surface area contributed by atoms with Crippen molar-refractivity contribution in [1.29, 1.82) is 0 Å². The molecule has 0 radical (unpaired) electrons. The zero-order chi connectivity index (χ0) is 20.5. The number of morpholine rings is 1. The molecule has 1 aliphatic rings. The Morgan fingerprint density at radius 3 is 2.83 bits per heavy atom. The highest BCUT2D eigenvalue weighted by Gasteiger charge is 2.23. The predicted octanol–water partition coefficient (Wildman–Crippen LogP) is 2.78. The molecule has 1 unspecified atom stereocenters. The Kier molecular flexibility index (Phi) is 7.97. The summed E-state index contributed by atoms with van der Waals surface area (Å²) in [6, 6.07) is 11.1. The van der Waals surface area contributed by atoms with Crippen LogP contribution in [0.1, 0.15) is 23.4 Å².